The van der Waals surface area contributed by atoms with Crippen molar-refractivity contribution in [2.75, 3.05) is 24.7 Å². The van der Waals surface area contributed by atoms with Crippen molar-refractivity contribution in [1.82, 2.24) is 0 Å². The monoisotopic (exact) mass is 240 g/mol. The maximum atomic E-state index is 8.85. The van der Waals surface area contributed by atoms with Crippen LogP contribution >= 0.6 is 11.8 Å². The van der Waals surface area contributed by atoms with Gasteiger partial charge < -0.3 is 9.84 Å². The first-order valence-electron chi connectivity index (χ1n) is 5.60. The molecule has 0 fully saturated rings. The van der Waals surface area contributed by atoms with Crippen molar-refractivity contribution < 1.29 is 9.84 Å². The van der Waals surface area contributed by atoms with Crippen LogP contribution in [0.5, 0.6) is 5.75 Å². The lowest BCUT2D eigenvalue weighted by Gasteiger charge is -2.08. The van der Waals surface area contributed by atoms with Gasteiger partial charge in [0, 0.05) is 12.4 Å². The molecule has 90 valence electrons. The van der Waals surface area contributed by atoms with Gasteiger partial charge in [0.2, 0.25) is 0 Å². The van der Waals surface area contributed by atoms with Crippen LogP contribution in [-0.4, -0.2) is 29.8 Å². The minimum absolute atomic E-state index is 0.270. The average Bonchev–Trinajstić information content (AvgIpc) is 2.31. The molecule has 1 rings (SSSR count). The van der Waals surface area contributed by atoms with Gasteiger partial charge in [-0.2, -0.15) is 11.8 Å². The van der Waals surface area contributed by atoms with E-state index in [1.54, 1.807) is 0 Å². The molecule has 0 aliphatic heterocycles. The predicted molar refractivity (Wildman–Crippen MR) is 70.2 cm³/mol. The van der Waals surface area contributed by atoms with Crippen LogP contribution < -0.4 is 4.74 Å². The fourth-order valence-electron chi connectivity index (χ4n) is 1.19. The molecule has 1 aromatic rings. The highest BCUT2D eigenvalue weighted by Crippen LogP contribution is 2.12. The Hall–Kier alpha value is -0.670. The zero-order valence-corrected chi connectivity index (χ0v) is 10.8. The van der Waals surface area contributed by atoms with Crippen molar-refractivity contribution in [2.24, 2.45) is 5.92 Å². The molecular weight excluding hydrogens is 220 g/mol. The largest absolute Gasteiger partial charge is 0.493 e. The molecule has 1 aromatic carbocycles. The van der Waals surface area contributed by atoms with Gasteiger partial charge in [0.15, 0.2) is 0 Å². The van der Waals surface area contributed by atoms with E-state index in [9.17, 15) is 0 Å². The molecule has 0 heterocycles. The highest BCUT2D eigenvalue weighted by molar-refractivity contribution is 7.99. The summed E-state index contributed by atoms with van der Waals surface area (Å²) in [5, 5.41) is 8.85. The molecule has 0 spiro atoms. The molecule has 0 aliphatic carbocycles. The van der Waals surface area contributed by atoms with Crippen LogP contribution in [0.1, 0.15) is 12.5 Å². The maximum Gasteiger partial charge on any atom is 0.119 e. The van der Waals surface area contributed by atoms with Gasteiger partial charge in [0.05, 0.1) is 6.61 Å². The number of aryl methyl sites for hydroxylation is 1. The molecule has 0 saturated carbocycles. The van der Waals surface area contributed by atoms with E-state index in [-0.39, 0.29) is 6.61 Å². The summed E-state index contributed by atoms with van der Waals surface area (Å²) in [6, 6.07) is 8.10. The minimum atomic E-state index is 0.270. The maximum absolute atomic E-state index is 8.85. The van der Waals surface area contributed by atoms with Gasteiger partial charge in [0.25, 0.3) is 0 Å². The van der Waals surface area contributed by atoms with Gasteiger partial charge in [-0.05, 0) is 30.7 Å². The zero-order chi connectivity index (χ0) is 11.8. The van der Waals surface area contributed by atoms with E-state index in [2.05, 4.69) is 19.1 Å². The Morgan fingerprint density at radius 2 is 2.00 bits per heavy atom. The van der Waals surface area contributed by atoms with E-state index in [1.807, 2.05) is 30.8 Å². The minimum Gasteiger partial charge on any atom is -0.493 e. The van der Waals surface area contributed by atoms with Crippen molar-refractivity contribution in [2.45, 2.75) is 13.8 Å². The molecule has 0 bridgehead atoms. The van der Waals surface area contributed by atoms with Crippen molar-refractivity contribution in [3.05, 3.63) is 29.8 Å². The second-order valence-corrected chi connectivity index (χ2v) is 5.17. The zero-order valence-electron chi connectivity index (χ0n) is 9.98. The lowest BCUT2D eigenvalue weighted by molar-refractivity contribution is 0.250. The quantitative estimate of drug-likeness (QED) is 0.743. The van der Waals surface area contributed by atoms with Crippen LogP contribution in [0.2, 0.25) is 0 Å². The van der Waals surface area contributed by atoms with E-state index >= 15 is 0 Å². The van der Waals surface area contributed by atoms with Gasteiger partial charge in [-0.3, -0.25) is 0 Å². The fourth-order valence-corrected chi connectivity index (χ4v) is 2.07. The molecule has 0 aliphatic rings. The molecule has 16 heavy (non-hydrogen) atoms. The normalized spacial score (nSPS) is 12.4. The summed E-state index contributed by atoms with van der Waals surface area (Å²) in [5.74, 6) is 3.28. The number of hydrogen-bond donors (Lipinski definition) is 1. The third kappa shape index (κ3) is 5.42. The summed E-state index contributed by atoms with van der Waals surface area (Å²) in [5.41, 5.74) is 1.25. The summed E-state index contributed by atoms with van der Waals surface area (Å²) in [6.07, 6.45) is 0. The lowest BCUT2D eigenvalue weighted by Crippen LogP contribution is -2.06. The highest BCUT2D eigenvalue weighted by Gasteiger charge is 1.99. The van der Waals surface area contributed by atoms with Gasteiger partial charge in [-0.15, -0.1) is 0 Å². The summed E-state index contributed by atoms with van der Waals surface area (Å²) in [4.78, 5) is 0. The topological polar surface area (TPSA) is 29.5 Å². The summed E-state index contributed by atoms with van der Waals surface area (Å²) in [7, 11) is 0. The van der Waals surface area contributed by atoms with Crippen LogP contribution in [0.3, 0.4) is 0 Å². The second-order valence-electron chi connectivity index (χ2n) is 4.02. The number of ether oxygens (including phenoxy) is 1. The number of aliphatic hydroxyl groups is 1. The summed E-state index contributed by atoms with van der Waals surface area (Å²) in [6.45, 7) is 5.11. The Morgan fingerprint density at radius 3 is 2.62 bits per heavy atom. The number of aliphatic hydroxyl groups excluding tert-OH is 1. The first-order chi connectivity index (χ1) is 7.72. The number of rotatable bonds is 7. The SMILES string of the molecule is Cc1ccc(OCCSCC(C)CO)cc1. The van der Waals surface area contributed by atoms with E-state index in [4.69, 9.17) is 9.84 Å². The Kier molecular flexibility index (Phi) is 6.34. The van der Waals surface area contributed by atoms with Crippen LogP contribution in [0.4, 0.5) is 0 Å². The predicted octanol–water partition coefficient (Wildman–Crippen LogP) is 2.74. The van der Waals surface area contributed by atoms with Crippen LogP contribution in [0, 0.1) is 12.8 Å². The molecular formula is C13H20O2S. The molecule has 2 nitrogen and oxygen atoms in total. The number of thioether (sulfide) groups is 1. The molecule has 1 N–H and O–H groups in total. The van der Waals surface area contributed by atoms with Gasteiger partial charge >= 0.3 is 0 Å². The Labute approximate surface area is 102 Å². The molecule has 1 unspecified atom stereocenters. The Morgan fingerprint density at radius 1 is 1.31 bits per heavy atom. The van der Waals surface area contributed by atoms with Crippen molar-refractivity contribution in [1.29, 1.82) is 0 Å². The Bertz CT molecular complexity index is 284. The highest BCUT2D eigenvalue weighted by atomic mass is 32.2. The summed E-state index contributed by atoms with van der Waals surface area (Å²) >= 11 is 1.82. The Balaban J connectivity index is 2.09. The fraction of sp³-hybridized carbons (Fsp3) is 0.538. The van der Waals surface area contributed by atoms with E-state index < -0.39 is 0 Å². The van der Waals surface area contributed by atoms with Gasteiger partial charge in [0.1, 0.15) is 5.75 Å². The van der Waals surface area contributed by atoms with Crippen LogP contribution in [0.25, 0.3) is 0 Å². The van der Waals surface area contributed by atoms with Crippen molar-refractivity contribution in [3.63, 3.8) is 0 Å². The van der Waals surface area contributed by atoms with Gasteiger partial charge in [-0.25, -0.2) is 0 Å². The van der Waals surface area contributed by atoms with Crippen LogP contribution in [0.15, 0.2) is 24.3 Å². The molecule has 0 aromatic heterocycles. The number of hydrogen-bond acceptors (Lipinski definition) is 3. The van der Waals surface area contributed by atoms with E-state index in [1.165, 1.54) is 5.56 Å². The molecule has 0 amide bonds. The third-order valence-corrected chi connectivity index (χ3v) is 3.49. The number of benzene rings is 1. The molecule has 0 saturated heterocycles. The van der Waals surface area contributed by atoms with E-state index in [0.717, 1.165) is 23.9 Å². The standard InChI is InChI=1S/C13H20O2S/c1-11-3-5-13(6-4-11)15-7-8-16-10-12(2)9-14/h3-6,12,14H,7-10H2,1-2H3. The third-order valence-electron chi connectivity index (χ3n) is 2.23. The van der Waals surface area contributed by atoms with Gasteiger partial charge in [-0.1, -0.05) is 24.6 Å². The first kappa shape index (κ1) is 13.4. The lowest BCUT2D eigenvalue weighted by atomic mass is 10.2. The molecule has 1 atom stereocenters. The average molecular weight is 240 g/mol. The second kappa shape index (κ2) is 7.58. The molecule has 0 radical (unpaired) electrons. The summed E-state index contributed by atoms with van der Waals surface area (Å²) < 4.78 is 5.59. The van der Waals surface area contributed by atoms with Crippen LogP contribution in [-0.2, 0) is 0 Å². The van der Waals surface area contributed by atoms with Crippen molar-refractivity contribution >= 4 is 11.8 Å². The smallest absolute Gasteiger partial charge is 0.119 e. The molecule has 3 heteroatoms. The first-order valence-corrected chi connectivity index (χ1v) is 6.76. The van der Waals surface area contributed by atoms with Crippen molar-refractivity contribution in [3.8, 4) is 5.75 Å². The van der Waals surface area contributed by atoms with E-state index in [0.29, 0.717) is 5.92 Å².